The molecule has 0 fully saturated rings. The Kier molecular flexibility index (Phi) is 5.58. The highest BCUT2D eigenvalue weighted by Crippen LogP contribution is 2.19. The van der Waals surface area contributed by atoms with E-state index in [1.54, 1.807) is 0 Å². The van der Waals surface area contributed by atoms with Crippen LogP contribution >= 0.6 is 23.2 Å². The number of pyridine rings is 1. The second-order valence-electron chi connectivity index (χ2n) is 4.96. The fourth-order valence-corrected chi connectivity index (χ4v) is 2.36. The standard InChI is InChI=1S/C16H15Cl2N3O2/c1-9-4-3-5-10(2)14(9)21-13(22)8-19-16(23)15-11(17)6-7-12(18)20-15/h3-7H,8H2,1-2H3,(H,19,23)(H,21,22). The maximum absolute atomic E-state index is 12.0. The first kappa shape index (κ1) is 17.2. The summed E-state index contributed by atoms with van der Waals surface area (Å²) in [6.45, 7) is 3.60. The van der Waals surface area contributed by atoms with Gasteiger partial charge in [-0.2, -0.15) is 0 Å². The average Bonchev–Trinajstić information content (AvgIpc) is 2.51. The topological polar surface area (TPSA) is 71.1 Å². The molecule has 23 heavy (non-hydrogen) atoms. The van der Waals surface area contributed by atoms with Crippen LogP contribution in [0.1, 0.15) is 21.6 Å². The first-order chi connectivity index (χ1) is 10.9. The van der Waals surface area contributed by atoms with E-state index < -0.39 is 5.91 Å². The number of para-hydroxylation sites is 1. The smallest absolute Gasteiger partial charge is 0.271 e. The van der Waals surface area contributed by atoms with Crippen molar-refractivity contribution in [3.05, 3.63) is 57.3 Å². The summed E-state index contributed by atoms with van der Waals surface area (Å²) in [6, 6.07) is 8.67. The molecule has 0 radical (unpaired) electrons. The monoisotopic (exact) mass is 351 g/mol. The van der Waals surface area contributed by atoms with E-state index in [0.29, 0.717) is 0 Å². The quantitative estimate of drug-likeness (QED) is 0.829. The van der Waals surface area contributed by atoms with Gasteiger partial charge in [-0.3, -0.25) is 9.59 Å². The van der Waals surface area contributed by atoms with E-state index in [0.717, 1.165) is 16.8 Å². The fraction of sp³-hybridized carbons (Fsp3) is 0.188. The zero-order valence-corrected chi connectivity index (χ0v) is 14.1. The van der Waals surface area contributed by atoms with E-state index in [9.17, 15) is 9.59 Å². The van der Waals surface area contributed by atoms with Gasteiger partial charge in [-0.1, -0.05) is 41.4 Å². The van der Waals surface area contributed by atoms with E-state index in [1.165, 1.54) is 12.1 Å². The second kappa shape index (κ2) is 7.44. The Morgan fingerprint density at radius 2 is 1.74 bits per heavy atom. The first-order valence-corrected chi connectivity index (χ1v) is 7.60. The Bertz CT molecular complexity index is 743. The van der Waals surface area contributed by atoms with Crippen molar-refractivity contribution < 1.29 is 9.59 Å². The van der Waals surface area contributed by atoms with Crippen LogP contribution in [0, 0.1) is 13.8 Å². The SMILES string of the molecule is Cc1cccc(C)c1NC(=O)CNC(=O)c1nc(Cl)ccc1Cl. The lowest BCUT2D eigenvalue weighted by atomic mass is 10.1. The molecule has 0 aliphatic heterocycles. The lowest BCUT2D eigenvalue weighted by molar-refractivity contribution is -0.115. The average molecular weight is 352 g/mol. The Labute approximate surface area is 144 Å². The molecule has 0 saturated carbocycles. The number of anilines is 1. The summed E-state index contributed by atoms with van der Waals surface area (Å²) in [7, 11) is 0. The number of nitrogens with zero attached hydrogens (tertiary/aromatic N) is 1. The van der Waals surface area contributed by atoms with Crippen molar-refractivity contribution in [2.24, 2.45) is 0 Å². The third-order valence-corrected chi connectivity index (χ3v) is 3.70. The number of nitrogens with one attached hydrogen (secondary N) is 2. The van der Waals surface area contributed by atoms with Crippen LogP contribution < -0.4 is 10.6 Å². The van der Waals surface area contributed by atoms with Gasteiger partial charge < -0.3 is 10.6 Å². The van der Waals surface area contributed by atoms with Crippen LogP contribution in [0.2, 0.25) is 10.2 Å². The Balaban J connectivity index is 1.99. The van der Waals surface area contributed by atoms with Crippen molar-refractivity contribution in [3.63, 3.8) is 0 Å². The largest absolute Gasteiger partial charge is 0.342 e. The number of carbonyl (C=O) groups excluding carboxylic acids is 2. The molecule has 1 aromatic heterocycles. The lowest BCUT2D eigenvalue weighted by Gasteiger charge is -2.12. The first-order valence-electron chi connectivity index (χ1n) is 6.85. The summed E-state index contributed by atoms with van der Waals surface area (Å²) in [5.74, 6) is -0.900. The van der Waals surface area contributed by atoms with Crippen LogP contribution in [0.3, 0.4) is 0 Å². The number of halogens is 2. The van der Waals surface area contributed by atoms with Gasteiger partial charge in [-0.05, 0) is 37.1 Å². The number of hydrogen-bond acceptors (Lipinski definition) is 3. The van der Waals surface area contributed by atoms with Gasteiger partial charge in [-0.25, -0.2) is 4.98 Å². The molecule has 1 aromatic carbocycles. The number of hydrogen-bond donors (Lipinski definition) is 2. The van der Waals surface area contributed by atoms with Crippen molar-refractivity contribution in [2.45, 2.75) is 13.8 Å². The molecule has 2 amide bonds. The van der Waals surface area contributed by atoms with E-state index in [-0.39, 0.29) is 28.3 Å². The second-order valence-corrected chi connectivity index (χ2v) is 5.76. The molecule has 0 saturated heterocycles. The Morgan fingerprint density at radius 1 is 1.09 bits per heavy atom. The van der Waals surface area contributed by atoms with Crippen molar-refractivity contribution in [1.82, 2.24) is 10.3 Å². The van der Waals surface area contributed by atoms with Crippen LogP contribution in [0.5, 0.6) is 0 Å². The molecule has 2 N–H and O–H groups in total. The van der Waals surface area contributed by atoms with Gasteiger partial charge >= 0.3 is 0 Å². The number of carbonyl (C=O) groups is 2. The Hall–Kier alpha value is -2.11. The molecular formula is C16H15Cl2N3O2. The number of amides is 2. The number of aromatic nitrogens is 1. The highest BCUT2D eigenvalue weighted by molar-refractivity contribution is 6.34. The summed E-state index contributed by atoms with van der Waals surface area (Å²) in [5.41, 5.74) is 2.62. The van der Waals surface area contributed by atoms with Crippen molar-refractivity contribution >= 4 is 40.7 Å². The maximum Gasteiger partial charge on any atom is 0.271 e. The molecule has 2 rings (SSSR count). The number of aryl methyl sites for hydroxylation is 2. The van der Waals surface area contributed by atoms with E-state index in [4.69, 9.17) is 23.2 Å². The number of benzene rings is 1. The molecule has 0 bridgehead atoms. The molecule has 0 atom stereocenters. The third-order valence-electron chi connectivity index (χ3n) is 3.18. The van der Waals surface area contributed by atoms with Gasteiger partial charge in [-0.15, -0.1) is 0 Å². The molecule has 0 unspecified atom stereocenters. The normalized spacial score (nSPS) is 10.3. The van der Waals surface area contributed by atoms with Gasteiger partial charge in [0.1, 0.15) is 10.8 Å². The fourth-order valence-electron chi connectivity index (χ4n) is 2.02. The van der Waals surface area contributed by atoms with Crippen molar-refractivity contribution in [3.8, 4) is 0 Å². The highest BCUT2D eigenvalue weighted by Gasteiger charge is 2.14. The van der Waals surface area contributed by atoms with Gasteiger partial charge in [0.25, 0.3) is 5.91 Å². The molecule has 2 aromatic rings. The highest BCUT2D eigenvalue weighted by atomic mass is 35.5. The van der Waals surface area contributed by atoms with Crippen LogP contribution in [-0.4, -0.2) is 23.3 Å². The van der Waals surface area contributed by atoms with E-state index >= 15 is 0 Å². The minimum Gasteiger partial charge on any atom is -0.342 e. The van der Waals surface area contributed by atoms with E-state index in [1.807, 2.05) is 32.0 Å². The molecule has 1 heterocycles. The summed E-state index contributed by atoms with van der Waals surface area (Å²) in [4.78, 5) is 27.9. The van der Waals surface area contributed by atoms with Crippen LogP contribution in [0.4, 0.5) is 5.69 Å². The zero-order chi connectivity index (χ0) is 17.0. The number of rotatable bonds is 4. The third kappa shape index (κ3) is 4.43. The minimum absolute atomic E-state index is 0.0148. The van der Waals surface area contributed by atoms with Crippen LogP contribution in [-0.2, 0) is 4.79 Å². The molecular weight excluding hydrogens is 337 g/mol. The van der Waals surface area contributed by atoms with Crippen LogP contribution in [0.25, 0.3) is 0 Å². The summed E-state index contributed by atoms with van der Waals surface area (Å²) in [5, 5.41) is 5.57. The van der Waals surface area contributed by atoms with Gasteiger partial charge in [0.2, 0.25) is 5.91 Å². The van der Waals surface area contributed by atoms with Crippen molar-refractivity contribution in [1.29, 1.82) is 0 Å². The zero-order valence-electron chi connectivity index (χ0n) is 12.6. The summed E-state index contributed by atoms with van der Waals surface area (Å²) in [6.07, 6.45) is 0. The van der Waals surface area contributed by atoms with Crippen LogP contribution in [0.15, 0.2) is 30.3 Å². The summed E-state index contributed by atoms with van der Waals surface area (Å²) < 4.78 is 0. The lowest BCUT2D eigenvalue weighted by Crippen LogP contribution is -2.33. The maximum atomic E-state index is 12.0. The minimum atomic E-state index is -0.561. The van der Waals surface area contributed by atoms with E-state index in [2.05, 4.69) is 15.6 Å². The molecule has 5 nitrogen and oxygen atoms in total. The Morgan fingerprint density at radius 3 is 2.39 bits per heavy atom. The molecule has 7 heteroatoms. The molecule has 0 aliphatic rings. The van der Waals surface area contributed by atoms with Crippen molar-refractivity contribution in [2.75, 3.05) is 11.9 Å². The predicted octanol–water partition coefficient (Wildman–Crippen LogP) is 3.37. The molecule has 120 valence electrons. The van der Waals surface area contributed by atoms with Gasteiger partial charge in [0, 0.05) is 5.69 Å². The van der Waals surface area contributed by atoms with Gasteiger partial charge in [0.05, 0.1) is 11.6 Å². The molecule has 0 spiro atoms. The summed E-state index contributed by atoms with van der Waals surface area (Å²) >= 11 is 11.6. The predicted molar refractivity (Wildman–Crippen MR) is 91.1 cm³/mol. The van der Waals surface area contributed by atoms with Gasteiger partial charge in [0.15, 0.2) is 0 Å². The molecule has 0 aliphatic carbocycles.